The predicted octanol–water partition coefficient (Wildman–Crippen LogP) is 2.64. The molecule has 0 aliphatic rings. The Hall–Kier alpha value is -1.13. The minimum Gasteiger partial charge on any atom is -0.380 e. The van der Waals surface area contributed by atoms with E-state index in [-0.39, 0.29) is 12.1 Å². The van der Waals surface area contributed by atoms with Crippen LogP contribution in [0.3, 0.4) is 0 Å². The van der Waals surface area contributed by atoms with Gasteiger partial charge in [0.25, 0.3) is 0 Å². The van der Waals surface area contributed by atoms with Crippen molar-refractivity contribution in [2.75, 3.05) is 25.1 Å². The summed E-state index contributed by atoms with van der Waals surface area (Å²) in [4.78, 5) is 0. The molecule has 0 fully saturated rings. The Bertz CT molecular complexity index is 284. The Morgan fingerprint density at radius 3 is 2.19 bits per heavy atom. The zero-order valence-corrected chi connectivity index (χ0v) is 9.70. The Morgan fingerprint density at radius 2 is 1.69 bits per heavy atom. The Labute approximate surface area is 95.6 Å². The molecule has 3 nitrogen and oxygen atoms in total. The molecule has 0 atom stereocenters. The highest BCUT2D eigenvalue weighted by molar-refractivity contribution is 5.42. The van der Waals surface area contributed by atoms with Gasteiger partial charge in [-0.3, -0.25) is 0 Å². The number of halogens is 1. The van der Waals surface area contributed by atoms with Gasteiger partial charge in [0.15, 0.2) is 6.29 Å². The van der Waals surface area contributed by atoms with Crippen LogP contribution in [0.5, 0.6) is 0 Å². The summed E-state index contributed by atoms with van der Waals surface area (Å²) in [7, 11) is 0. The summed E-state index contributed by atoms with van der Waals surface area (Å²) < 4.78 is 23.4. The summed E-state index contributed by atoms with van der Waals surface area (Å²) in [5.41, 5.74) is 0.853. The van der Waals surface area contributed by atoms with Crippen molar-refractivity contribution in [3.63, 3.8) is 0 Å². The molecule has 0 unspecified atom stereocenters. The minimum absolute atomic E-state index is 0.239. The average Bonchev–Trinajstić information content (AvgIpc) is 2.29. The van der Waals surface area contributed by atoms with Gasteiger partial charge in [-0.2, -0.15) is 0 Å². The van der Waals surface area contributed by atoms with E-state index in [0.29, 0.717) is 19.8 Å². The lowest BCUT2D eigenvalue weighted by atomic mass is 10.3. The molecular formula is C12H18FNO2. The number of ether oxygens (including phenoxy) is 2. The van der Waals surface area contributed by atoms with Gasteiger partial charge in [-0.15, -0.1) is 0 Å². The lowest BCUT2D eigenvalue weighted by molar-refractivity contribution is -0.126. The van der Waals surface area contributed by atoms with Crippen LogP contribution in [0.4, 0.5) is 10.1 Å². The van der Waals surface area contributed by atoms with E-state index in [1.165, 1.54) is 12.1 Å². The molecule has 1 rings (SSSR count). The number of hydrogen-bond donors (Lipinski definition) is 1. The summed E-state index contributed by atoms with van der Waals surface area (Å²) in [6.07, 6.45) is -0.264. The van der Waals surface area contributed by atoms with E-state index in [1.807, 2.05) is 13.8 Å². The smallest absolute Gasteiger partial charge is 0.174 e. The molecule has 0 heterocycles. The van der Waals surface area contributed by atoms with Gasteiger partial charge in [-0.1, -0.05) is 0 Å². The fraction of sp³-hybridized carbons (Fsp3) is 0.500. The Morgan fingerprint density at radius 1 is 1.12 bits per heavy atom. The molecule has 16 heavy (non-hydrogen) atoms. The fourth-order valence-electron chi connectivity index (χ4n) is 1.31. The van der Waals surface area contributed by atoms with Crippen LogP contribution in [0.25, 0.3) is 0 Å². The largest absolute Gasteiger partial charge is 0.380 e. The van der Waals surface area contributed by atoms with Crippen molar-refractivity contribution >= 4 is 5.69 Å². The van der Waals surface area contributed by atoms with Gasteiger partial charge in [0, 0.05) is 18.9 Å². The van der Waals surface area contributed by atoms with Crippen molar-refractivity contribution in [3.05, 3.63) is 30.1 Å². The molecule has 0 aliphatic carbocycles. The van der Waals surface area contributed by atoms with Gasteiger partial charge in [0.1, 0.15) is 5.82 Å². The second-order valence-electron chi connectivity index (χ2n) is 3.23. The third-order valence-corrected chi connectivity index (χ3v) is 2.02. The molecule has 0 bridgehead atoms. The number of benzene rings is 1. The average molecular weight is 227 g/mol. The van der Waals surface area contributed by atoms with Crippen molar-refractivity contribution in [1.82, 2.24) is 0 Å². The molecule has 1 aromatic carbocycles. The molecule has 4 heteroatoms. The molecule has 90 valence electrons. The third-order valence-electron chi connectivity index (χ3n) is 2.02. The SMILES string of the molecule is CCOC(CNc1ccc(F)cc1)OCC. The monoisotopic (exact) mass is 227 g/mol. The lowest BCUT2D eigenvalue weighted by Crippen LogP contribution is -2.26. The summed E-state index contributed by atoms with van der Waals surface area (Å²) in [6.45, 7) is 5.60. The van der Waals surface area contributed by atoms with Crippen molar-refractivity contribution in [2.24, 2.45) is 0 Å². The van der Waals surface area contributed by atoms with Gasteiger partial charge in [0.05, 0.1) is 6.54 Å². The van der Waals surface area contributed by atoms with E-state index >= 15 is 0 Å². The Kier molecular flexibility index (Phi) is 5.82. The first-order chi connectivity index (χ1) is 7.76. The molecule has 0 aromatic heterocycles. The topological polar surface area (TPSA) is 30.5 Å². The minimum atomic E-state index is -0.264. The van der Waals surface area contributed by atoms with Gasteiger partial charge >= 0.3 is 0 Å². The van der Waals surface area contributed by atoms with Gasteiger partial charge < -0.3 is 14.8 Å². The maximum atomic E-state index is 12.6. The molecule has 1 aromatic rings. The zero-order valence-electron chi connectivity index (χ0n) is 9.70. The first-order valence-corrected chi connectivity index (χ1v) is 5.49. The summed E-state index contributed by atoms with van der Waals surface area (Å²) >= 11 is 0. The van der Waals surface area contributed by atoms with E-state index in [4.69, 9.17) is 9.47 Å². The van der Waals surface area contributed by atoms with E-state index in [2.05, 4.69) is 5.32 Å². The summed E-state index contributed by atoms with van der Waals surface area (Å²) in [5, 5.41) is 3.12. The maximum Gasteiger partial charge on any atom is 0.174 e. The van der Waals surface area contributed by atoms with E-state index < -0.39 is 0 Å². The molecular weight excluding hydrogens is 209 g/mol. The maximum absolute atomic E-state index is 12.6. The fourth-order valence-corrected chi connectivity index (χ4v) is 1.31. The van der Waals surface area contributed by atoms with Crippen LogP contribution >= 0.6 is 0 Å². The second-order valence-corrected chi connectivity index (χ2v) is 3.23. The quantitative estimate of drug-likeness (QED) is 0.726. The first kappa shape index (κ1) is 12.9. The highest BCUT2D eigenvalue weighted by Gasteiger charge is 2.06. The number of rotatable bonds is 7. The molecule has 0 saturated heterocycles. The Balaban J connectivity index is 2.38. The van der Waals surface area contributed by atoms with Crippen LogP contribution in [0.15, 0.2) is 24.3 Å². The highest BCUT2D eigenvalue weighted by Crippen LogP contribution is 2.08. The van der Waals surface area contributed by atoms with Gasteiger partial charge in [0.2, 0.25) is 0 Å². The lowest BCUT2D eigenvalue weighted by Gasteiger charge is -2.17. The molecule has 0 radical (unpaired) electrons. The standard InChI is InChI=1S/C12H18FNO2/c1-3-15-12(16-4-2)9-14-11-7-5-10(13)6-8-11/h5-8,12,14H,3-4,9H2,1-2H3. The molecule has 0 aliphatic heterocycles. The van der Waals surface area contributed by atoms with E-state index in [9.17, 15) is 4.39 Å². The van der Waals surface area contributed by atoms with Gasteiger partial charge in [-0.25, -0.2) is 4.39 Å². The van der Waals surface area contributed by atoms with Crippen molar-refractivity contribution in [3.8, 4) is 0 Å². The van der Waals surface area contributed by atoms with Gasteiger partial charge in [-0.05, 0) is 38.1 Å². The number of anilines is 1. The molecule has 1 N–H and O–H groups in total. The molecule has 0 spiro atoms. The second kappa shape index (κ2) is 7.19. The van der Waals surface area contributed by atoms with E-state index in [0.717, 1.165) is 5.69 Å². The number of hydrogen-bond acceptors (Lipinski definition) is 3. The van der Waals surface area contributed by atoms with Crippen LogP contribution in [0.1, 0.15) is 13.8 Å². The van der Waals surface area contributed by atoms with Crippen molar-refractivity contribution < 1.29 is 13.9 Å². The third kappa shape index (κ3) is 4.59. The highest BCUT2D eigenvalue weighted by atomic mass is 19.1. The van der Waals surface area contributed by atoms with Crippen LogP contribution in [-0.4, -0.2) is 26.0 Å². The summed E-state index contributed by atoms with van der Waals surface area (Å²) in [6, 6.07) is 6.20. The first-order valence-electron chi connectivity index (χ1n) is 5.49. The van der Waals surface area contributed by atoms with Crippen LogP contribution in [-0.2, 0) is 9.47 Å². The van der Waals surface area contributed by atoms with Crippen LogP contribution < -0.4 is 5.32 Å². The molecule has 0 amide bonds. The van der Waals surface area contributed by atoms with Crippen LogP contribution in [0, 0.1) is 5.82 Å². The summed E-state index contributed by atoms with van der Waals surface area (Å²) in [5.74, 6) is -0.239. The van der Waals surface area contributed by atoms with E-state index in [1.54, 1.807) is 12.1 Å². The predicted molar refractivity (Wildman–Crippen MR) is 61.9 cm³/mol. The van der Waals surface area contributed by atoms with Crippen molar-refractivity contribution in [1.29, 1.82) is 0 Å². The number of nitrogens with one attached hydrogen (secondary N) is 1. The van der Waals surface area contributed by atoms with Crippen LogP contribution in [0.2, 0.25) is 0 Å². The zero-order chi connectivity index (χ0) is 11.8. The normalized spacial score (nSPS) is 10.8. The molecule has 0 saturated carbocycles. The van der Waals surface area contributed by atoms with Crippen molar-refractivity contribution in [2.45, 2.75) is 20.1 Å².